The second-order valence-corrected chi connectivity index (χ2v) is 8.87. The molecule has 1 atom stereocenters. The van der Waals surface area contributed by atoms with Crippen molar-refractivity contribution in [2.75, 3.05) is 12.0 Å². The summed E-state index contributed by atoms with van der Waals surface area (Å²) in [6.07, 6.45) is 0. The van der Waals surface area contributed by atoms with E-state index in [4.69, 9.17) is 27.9 Å². The van der Waals surface area contributed by atoms with Crippen LogP contribution in [0.3, 0.4) is 0 Å². The van der Waals surface area contributed by atoms with Gasteiger partial charge in [-0.3, -0.25) is 9.69 Å². The minimum atomic E-state index is -0.645. The number of esters is 1. The molecule has 0 fully saturated rings. The number of thioether (sulfide) groups is 1. The highest BCUT2D eigenvalue weighted by Gasteiger charge is 2.42. The Morgan fingerprint density at radius 1 is 1.00 bits per heavy atom. The fourth-order valence-corrected chi connectivity index (χ4v) is 4.97. The van der Waals surface area contributed by atoms with Crippen molar-refractivity contribution in [3.05, 3.63) is 105 Å². The van der Waals surface area contributed by atoms with Crippen molar-refractivity contribution in [2.45, 2.75) is 10.9 Å². The summed E-state index contributed by atoms with van der Waals surface area (Å²) in [5.74, 6) is -1.47. The van der Waals surface area contributed by atoms with E-state index in [1.165, 1.54) is 12.0 Å². The first-order valence-corrected chi connectivity index (χ1v) is 11.1. The van der Waals surface area contributed by atoms with Crippen LogP contribution in [0, 0.1) is 0 Å². The molecule has 4 rings (SSSR count). The molecule has 0 saturated carbocycles. The number of ether oxygens (including phenoxy) is 1. The molecule has 8 heteroatoms. The number of benzene rings is 3. The van der Waals surface area contributed by atoms with Gasteiger partial charge in [0.1, 0.15) is 0 Å². The molecule has 162 valence electrons. The molecular weight excluding hydrogens is 469 g/mol. The number of rotatable bonds is 5. The third kappa shape index (κ3) is 4.21. The highest BCUT2D eigenvalue weighted by Crippen LogP contribution is 2.48. The minimum absolute atomic E-state index is 0.337. The Labute approximate surface area is 199 Å². The minimum Gasteiger partial charge on any atom is -0.502 e. The summed E-state index contributed by atoms with van der Waals surface area (Å²) in [7, 11) is 1.30. The zero-order chi connectivity index (χ0) is 22.8. The van der Waals surface area contributed by atoms with Crippen molar-refractivity contribution in [1.82, 2.24) is 0 Å². The largest absolute Gasteiger partial charge is 0.502 e. The van der Waals surface area contributed by atoms with Crippen LogP contribution in [-0.4, -0.2) is 24.1 Å². The maximum Gasteiger partial charge on any atom is 0.339 e. The van der Waals surface area contributed by atoms with Crippen LogP contribution >= 0.6 is 35.0 Å². The summed E-state index contributed by atoms with van der Waals surface area (Å²) in [4.78, 5) is 27.9. The molecule has 0 spiro atoms. The Bertz CT molecular complexity index is 1230. The average Bonchev–Trinajstić information content (AvgIpc) is 3.04. The maximum atomic E-state index is 13.2. The van der Waals surface area contributed by atoms with Gasteiger partial charge < -0.3 is 9.84 Å². The number of aliphatic hydroxyl groups excluding tert-OH is 1. The summed E-state index contributed by atoms with van der Waals surface area (Å²) in [5.41, 5.74) is 1.61. The Hall–Kier alpha value is -2.93. The second kappa shape index (κ2) is 9.28. The Balaban J connectivity index is 1.84. The zero-order valence-electron chi connectivity index (χ0n) is 16.8. The molecule has 32 heavy (non-hydrogen) atoms. The molecule has 0 aromatic heterocycles. The number of amides is 1. The number of hydrogen-bond acceptors (Lipinski definition) is 5. The first-order valence-electron chi connectivity index (χ1n) is 9.53. The van der Waals surface area contributed by atoms with Gasteiger partial charge in [0.2, 0.25) is 0 Å². The number of anilines is 1. The van der Waals surface area contributed by atoms with Crippen LogP contribution in [0.25, 0.3) is 0 Å². The van der Waals surface area contributed by atoms with Crippen LogP contribution in [0.15, 0.2) is 88.4 Å². The quantitative estimate of drug-likeness (QED) is 0.421. The number of hydrogen-bond donors (Lipinski definition) is 1. The van der Waals surface area contributed by atoms with E-state index in [9.17, 15) is 14.7 Å². The highest BCUT2D eigenvalue weighted by molar-refractivity contribution is 8.03. The smallest absolute Gasteiger partial charge is 0.339 e. The van der Waals surface area contributed by atoms with E-state index in [1.54, 1.807) is 72.8 Å². The van der Waals surface area contributed by atoms with Crippen LogP contribution in [0.5, 0.6) is 0 Å². The van der Waals surface area contributed by atoms with E-state index in [1.807, 2.05) is 0 Å². The number of methoxy groups -OCH3 is 1. The molecule has 1 heterocycles. The summed E-state index contributed by atoms with van der Waals surface area (Å²) in [5, 5.41) is 11.9. The second-order valence-electron chi connectivity index (χ2n) is 6.91. The molecule has 3 aromatic rings. The summed E-state index contributed by atoms with van der Waals surface area (Å²) in [6.45, 7) is 0. The maximum absolute atomic E-state index is 13.2. The average molecular weight is 486 g/mol. The van der Waals surface area contributed by atoms with E-state index in [0.29, 0.717) is 31.1 Å². The molecule has 3 aromatic carbocycles. The molecule has 1 aliphatic heterocycles. The number of nitrogens with zero attached hydrogens (tertiary/aromatic N) is 1. The molecule has 0 aliphatic carbocycles. The molecule has 1 amide bonds. The first-order chi connectivity index (χ1) is 15.4. The van der Waals surface area contributed by atoms with Crippen molar-refractivity contribution in [1.29, 1.82) is 0 Å². The van der Waals surface area contributed by atoms with Crippen LogP contribution in [-0.2, 0) is 9.53 Å². The predicted molar refractivity (Wildman–Crippen MR) is 126 cm³/mol. The van der Waals surface area contributed by atoms with Crippen LogP contribution in [0.4, 0.5) is 5.69 Å². The van der Waals surface area contributed by atoms with Crippen molar-refractivity contribution in [3.8, 4) is 0 Å². The third-order valence-corrected chi connectivity index (χ3v) is 6.65. The van der Waals surface area contributed by atoms with Crippen molar-refractivity contribution < 1.29 is 19.4 Å². The normalized spacial score (nSPS) is 15.9. The first kappa shape index (κ1) is 22.3. The fraction of sp³-hybridized carbons (Fsp3) is 0.0833. The Kier molecular flexibility index (Phi) is 6.46. The summed E-state index contributed by atoms with van der Waals surface area (Å²) in [6, 6.07) is 20.1. The van der Waals surface area contributed by atoms with Gasteiger partial charge in [-0.2, -0.15) is 0 Å². The van der Waals surface area contributed by atoms with Gasteiger partial charge in [-0.15, -0.1) is 0 Å². The molecule has 1 N–H and O–H groups in total. The van der Waals surface area contributed by atoms with Gasteiger partial charge in [0.15, 0.2) is 5.76 Å². The van der Waals surface area contributed by atoms with Gasteiger partial charge >= 0.3 is 5.97 Å². The lowest BCUT2D eigenvalue weighted by molar-refractivity contribution is -0.117. The lowest BCUT2D eigenvalue weighted by atomic mass is 10.1. The van der Waals surface area contributed by atoms with Crippen LogP contribution < -0.4 is 4.90 Å². The monoisotopic (exact) mass is 485 g/mol. The van der Waals surface area contributed by atoms with Gasteiger partial charge in [0.05, 0.1) is 23.6 Å². The Morgan fingerprint density at radius 2 is 1.72 bits per heavy atom. The van der Waals surface area contributed by atoms with Crippen LogP contribution in [0.1, 0.15) is 22.0 Å². The molecule has 0 bridgehead atoms. The van der Waals surface area contributed by atoms with Crippen molar-refractivity contribution >= 4 is 52.5 Å². The van der Waals surface area contributed by atoms with Crippen molar-refractivity contribution in [2.24, 2.45) is 0 Å². The fourth-order valence-electron chi connectivity index (χ4n) is 3.48. The van der Waals surface area contributed by atoms with E-state index in [2.05, 4.69) is 0 Å². The topological polar surface area (TPSA) is 66.8 Å². The van der Waals surface area contributed by atoms with Crippen LogP contribution in [0.2, 0.25) is 10.0 Å². The number of aliphatic hydroxyl groups is 1. The van der Waals surface area contributed by atoms with Gasteiger partial charge in [0, 0.05) is 20.6 Å². The summed E-state index contributed by atoms with van der Waals surface area (Å²) >= 11 is 13.4. The standard InChI is InChI=1S/C24H17Cl2NO4S/c1-31-24(30)18-7-2-3-8-19(18)32-22-20(14-9-11-15(25)12-10-14)27(23(29)21(22)28)17-6-4-5-16(26)13-17/h2-13,20,28H,1H3. The zero-order valence-corrected chi connectivity index (χ0v) is 19.1. The third-order valence-electron chi connectivity index (χ3n) is 4.95. The van der Waals surface area contributed by atoms with E-state index in [-0.39, 0.29) is 0 Å². The molecule has 5 nitrogen and oxygen atoms in total. The molecule has 0 radical (unpaired) electrons. The van der Waals surface area contributed by atoms with E-state index >= 15 is 0 Å². The summed E-state index contributed by atoms with van der Waals surface area (Å²) < 4.78 is 4.88. The van der Waals surface area contributed by atoms with Gasteiger partial charge in [-0.25, -0.2) is 4.79 Å². The number of halogens is 2. The van der Waals surface area contributed by atoms with Gasteiger partial charge in [-0.05, 0) is 48.0 Å². The Morgan fingerprint density at radius 3 is 2.41 bits per heavy atom. The van der Waals surface area contributed by atoms with E-state index < -0.39 is 23.7 Å². The van der Waals surface area contributed by atoms with Gasteiger partial charge in [0.25, 0.3) is 5.91 Å². The molecule has 0 saturated heterocycles. The molecule has 1 unspecified atom stereocenters. The SMILES string of the molecule is COC(=O)c1ccccc1SC1=C(O)C(=O)N(c2cccc(Cl)c2)C1c1ccc(Cl)cc1. The highest BCUT2D eigenvalue weighted by atomic mass is 35.5. The number of carbonyl (C=O) groups excluding carboxylic acids is 2. The lowest BCUT2D eigenvalue weighted by Crippen LogP contribution is -2.30. The van der Waals surface area contributed by atoms with Crippen molar-refractivity contribution in [3.63, 3.8) is 0 Å². The van der Waals surface area contributed by atoms with E-state index in [0.717, 1.165) is 17.3 Å². The predicted octanol–water partition coefficient (Wildman–Crippen LogP) is 6.43. The number of carbonyl (C=O) groups is 2. The molecule has 1 aliphatic rings. The van der Waals surface area contributed by atoms with Gasteiger partial charge in [-0.1, -0.05) is 65.3 Å². The lowest BCUT2D eigenvalue weighted by Gasteiger charge is -2.27. The molecular formula is C24H17Cl2NO4S.